The number of carbonyl (C=O) groups is 1. The number of rotatable bonds is 2. The average Bonchev–Trinajstić information content (AvgIpc) is 2.66. The van der Waals surface area contributed by atoms with E-state index in [1.807, 2.05) is 13.2 Å². The van der Waals surface area contributed by atoms with Crippen LogP contribution >= 0.6 is 15.9 Å². The lowest BCUT2D eigenvalue weighted by molar-refractivity contribution is 0.0635. The van der Waals surface area contributed by atoms with E-state index < -0.39 is 11.7 Å². The van der Waals surface area contributed by atoms with Crippen molar-refractivity contribution in [1.82, 2.24) is 19.7 Å². The zero-order chi connectivity index (χ0) is 15.6. The number of anilines is 1. The number of aromatic nitrogens is 4. The highest BCUT2D eigenvalue weighted by Crippen LogP contribution is 2.25. The molecule has 0 aliphatic heterocycles. The van der Waals surface area contributed by atoms with Gasteiger partial charge >= 0.3 is 6.09 Å². The molecule has 0 fully saturated rings. The van der Waals surface area contributed by atoms with E-state index in [-0.39, 0.29) is 0 Å². The molecule has 0 atom stereocenters. The number of aryl methyl sites for hydroxylation is 1. The van der Waals surface area contributed by atoms with Crippen LogP contribution in [0.15, 0.2) is 23.1 Å². The smallest absolute Gasteiger partial charge is 0.413 e. The van der Waals surface area contributed by atoms with Crippen molar-refractivity contribution < 1.29 is 9.53 Å². The van der Waals surface area contributed by atoms with Crippen LogP contribution in [0.5, 0.6) is 0 Å². The van der Waals surface area contributed by atoms with Gasteiger partial charge in [-0.2, -0.15) is 5.10 Å². The first-order chi connectivity index (χ1) is 9.74. The van der Waals surface area contributed by atoms with E-state index in [4.69, 9.17) is 4.74 Å². The largest absolute Gasteiger partial charge is 0.444 e. The van der Waals surface area contributed by atoms with Crippen molar-refractivity contribution in [3.05, 3.63) is 23.1 Å². The quantitative estimate of drug-likeness (QED) is 0.897. The molecule has 0 aliphatic carbocycles. The number of nitrogens with zero attached hydrogens (tertiary/aromatic N) is 4. The van der Waals surface area contributed by atoms with Gasteiger partial charge in [-0.15, -0.1) is 0 Å². The normalized spacial score (nSPS) is 11.3. The van der Waals surface area contributed by atoms with Crippen molar-refractivity contribution in [2.75, 3.05) is 5.32 Å². The molecule has 0 spiro atoms. The van der Waals surface area contributed by atoms with Crippen LogP contribution in [0.1, 0.15) is 20.8 Å². The van der Waals surface area contributed by atoms with Crippen molar-refractivity contribution in [2.45, 2.75) is 26.4 Å². The first kappa shape index (κ1) is 15.4. The molecule has 2 rings (SSSR count). The monoisotopic (exact) mass is 353 g/mol. The summed E-state index contributed by atoms with van der Waals surface area (Å²) in [5, 5.41) is 6.87. The fourth-order valence-corrected chi connectivity index (χ4v) is 2.18. The summed E-state index contributed by atoms with van der Waals surface area (Å²) in [6.07, 6.45) is 2.62. The molecule has 0 bridgehead atoms. The molecule has 0 aromatic carbocycles. The van der Waals surface area contributed by atoms with Gasteiger partial charge in [0.05, 0.1) is 10.2 Å². The van der Waals surface area contributed by atoms with Crippen molar-refractivity contribution in [2.24, 2.45) is 7.05 Å². The van der Waals surface area contributed by atoms with Gasteiger partial charge in [-0.05, 0) is 36.7 Å². The zero-order valence-electron chi connectivity index (χ0n) is 12.2. The van der Waals surface area contributed by atoms with Crippen molar-refractivity contribution in [3.8, 4) is 11.4 Å². The average molecular weight is 354 g/mol. The molecule has 2 aromatic rings. The Bertz CT molecular complexity index is 663. The second-order valence-corrected chi connectivity index (χ2v) is 6.27. The third-order valence-corrected chi connectivity index (χ3v) is 2.90. The molecule has 0 saturated heterocycles. The third-order valence-electron chi connectivity index (χ3n) is 2.32. The first-order valence-electron chi connectivity index (χ1n) is 6.26. The lowest BCUT2D eigenvalue weighted by atomic mass is 10.2. The van der Waals surface area contributed by atoms with Gasteiger partial charge in [-0.1, -0.05) is 0 Å². The van der Waals surface area contributed by atoms with Gasteiger partial charge in [0.2, 0.25) is 0 Å². The van der Waals surface area contributed by atoms with Crippen LogP contribution < -0.4 is 5.32 Å². The zero-order valence-corrected chi connectivity index (χ0v) is 13.8. The van der Waals surface area contributed by atoms with Gasteiger partial charge < -0.3 is 4.74 Å². The number of halogens is 1. The molecule has 0 saturated carbocycles. The number of amides is 1. The van der Waals surface area contributed by atoms with E-state index in [0.29, 0.717) is 17.2 Å². The molecule has 112 valence electrons. The van der Waals surface area contributed by atoms with Crippen molar-refractivity contribution in [1.29, 1.82) is 0 Å². The highest BCUT2D eigenvalue weighted by atomic mass is 79.9. The van der Waals surface area contributed by atoms with Crippen LogP contribution in [0, 0.1) is 0 Å². The summed E-state index contributed by atoms with van der Waals surface area (Å²) >= 11 is 3.41. The Hall–Kier alpha value is -1.96. The van der Waals surface area contributed by atoms with Gasteiger partial charge in [0.1, 0.15) is 23.4 Å². The second kappa shape index (κ2) is 5.80. The minimum Gasteiger partial charge on any atom is -0.444 e. The lowest BCUT2D eigenvalue weighted by Crippen LogP contribution is -2.27. The summed E-state index contributed by atoms with van der Waals surface area (Å²) in [5.74, 6) is 0.354. The molecule has 0 aliphatic rings. The van der Waals surface area contributed by atoms with E-state index in [0.717, 1.165) is 4.47 Å². The van der Waals surface area contributed by atoms with Crippen molar-refractivity contribution in [3.63, 3.8) is 0 Å². The minimum atomic E-state index is -0.566. The van der Waals surface area contributed by atoms with Crippen LogP contribution in [0.4, 0.5) is 10.6 Å². The Balaban J connectivity index is 2.19. The third kappa shape index (κ3) is 4.25. The highest BCUT2D eigenvalue weighted by Gasteiger charge is 2.17. The molecule has 1 amide bonds. The van der Waals surface area contributed by atoms with Gasteiger partial charge in [-0.3, -0.25) is 10.00 Å². The molecule has 1 N–H and O–H groups in total. The van der Waals surface area contributed by atoms with E-state index in [1.165, 1.54) is 6.33 Å². The van der Waals surface area contributed by atoms with Gasteiger partial charge in [0.15, 0.2) is 0 Å². The number of hydrogen-bond acceptors (Lipinski definition) is 5. The number of nitrogens with one attached hydrogen (secondary N) is 1. The Morgan fingerprint density at radius 3 is 2.67 bits per heavy atom. The minimum absolute atomic E-state index is 0.354. The Labute approximate surface area is 130 Å². The SMILES string of the molecule is Cn1cc(Br)c(-c2cc(NC(=O)OC(C)(C)C)ncn2)n1. The fourth-order valence-electron chi connectivity index (χ4n) is 1.60. The molecular weight excluding hydrogens is 338 g/mol. The summed E-state index contributed by atoms with van der Waals surface area (Å²) in [6, 6.07) is 1.64. The molecule has 7 nitrogen and oxygen atoms in total. The Morgan fingerprint density at radius 1 is 1.38 bits per heavy atom. The first-order valence-corrected chi connectivity index (χ1v) is 7.05. The van der Waals surface area contributed by atoms with Gasteiger partial charge in [0.25, 0.3) is 0 Å². The molecular formula is C13H16BrN5O2. The maximum Gasteiger partial charge on any atom is 0.413 e. The summed E-state index contributed by atoms with van der Waals surface area (Å²) in [5.41, 5.74) is 0.708. The molecule has 0 unspecified atom stereocenters. The standard InChI is InChI=1S/C13H16BrN5O2/c1-13(2,3)21-12(20)17-10-5-9(15-7-16-10)11-8(14)6-19(4)18-11/h5-7H,1-4H3,(H,15,16,17,20). The molecule has 0 radical (unpaired) electrons. The predicted molar refractivity (Wildman–Crippen MR) is 81.8 cm³/mol. The molecule has 21 heavy (non-hydrogen) atoms. The van der Waals surface area contributed by atoms with E-state index >= 15 is 0 Å². The summed E-state index contributed by atoms with van der Waals surface area (Å²) in [6.45, 7) is 5.38. The Kier molecular flexibility index (Phi) is 4.26. The molecule has 8 heteroatoms. The molecule has 2 heterocycles. The molecule has 2 aromatic heterocycles. The van der Waals surface area contributed by atoms with Crippen LogP contribution in [-0.4, -0.2) is 31.4 Å². The number of hydrogen-bond donors (Lipinski definition) is 1. The van der Waals surface area contributed by atoms with Crippen LogP contribution in [0.3, 0.4) is 0 Å². The van der Waals surface area contributed by atoms with Gasteiger partial charge in [-0.25, -0.2) is 14.8 Å². The van der Waals surface area contributed by atoms with Crippen LogP contribution in [0.25, 0.3) is 11.4 Å². The number of ether oxygens (including phenoxy) is 1. The van der Waals surface area contributed by atoms with Gasteiger partial charge in [0, 0.05) is 19.3 Å². The lowest BCUT2D eigenvalue weighted by Gasteiger charge is -2.19. The maximum atomic E-state index is 11.7. The highest BCUT2D eigenvalue weighted by molar-refractivity contribution is 9.10. The van der Waals surface area contributed by atoms with E-state index in [9.17, 15) is 4.79 Å². The maximum absolute atomic E-state index is 11.7. The summed E-state index contributed by atoms with van der Waals surface area (Å²) in [4.78, 5) is 19.9. The summed E-state index contributed by atoms with van der Waals surface area (Å²) in [7, 11) is 1.81. The fraction of sp³-hybridized carbons (Fsp3) is 0.385. The second-order valence-electron chi connectivity index (χ2n) is 5.41. The van der Waals surface area contributed by atoms with Crippen molar-refractivity contribution >= 4 is 27.8 Å². The van der Waals surface area contributed by atoms with Crippen LogP contribution in [-0.2, 0) is 11.8 Å². The van der Waals surface area contributed by atoms with Crippen LogP contribution in [0.2, 0.25) is 0 Å². The topological polar surface area (TPSA) is 81.9 Å². The Morgan fingerprint density at radius 2 is 2.10 bits per heavy atom. The van der Waals surface area contributed by atoms with E-state index in [2.05, 4.69) is 36.3 Å². The summed E-state index contributed by atoms with van der Waals surface area (Å²) < 4.78 is 7.66. The predicted octanol–water partition coefficient (Wildman–Crippen LogP) is 2.99. The number of carbonyl (C=O) groups excluding carboxylic acids is 1. The van der Waals surface area contributed by atoms with E-state index in [1.54, 1.807) is 31.5 Å².